The Morgan fingerprint density at radius 1 is 0.594 bits per heavy atom. The molecule has 64 heavy (non-hydrogen) atoms. The maximum Gasteiger partial charge on any atom is 0.488 e. The molecule has 14 nitrogen and oxygen atoms in total. The van der Waals surface area contributed by atoms with Gasteiger partial charge in [-0.3, -0.25) is 9.59 Å². The highest BCUT2D eigenvalue weighted by Crippen LogP contribution is 2.52. The van der Waals surface area contributed by atoms with E-state index < -0.39 is 17.9 Å². The summed E-state index contributed by atoms with van der Waals surface area (Å²) in [4.78, 5) is 38.7. The zero-order valence-corrected chi connectivity index (χ0v) is 37.5. The number of carbonyl (C=O) groups is 2. The van der Waals surface area contributed by atoms with Crippen molar-refractivity contribution < 1.29 is 38.6 Å². The van der Waals surface area contributed by atoms with E-state index in [9.17, 15) is 9.59 Å². The lowest BCUT2D eigenvalue weighted by molar-refractivity contribution is -0.119. The Hall–Kier alpha value is -6.62. The molecular formula is C48H48BBrN6O8. The van der Waals surface area contributed by atoms with E-state index >= 15 is 0 Å². The van der Waals surface area contributed by atoms with Gasteiger partial charge in [-0.05, 0) is 131 Å². The number of nitrogens with zero attached hydrogens (tertiary/aromatic N) is 4. The van der Waals surface area contributed by atoms with Gasteiger partial charge in [0.25, 0.3) is 0 Å². The van der Waals surface area contributed by atoms with Crippen LogP contribution in [0.2, 0.25) is 0 Å². The van der Waals surface area contributed by atoms with Crippen molar-refractivity contribution in [3.05, 3.63) is 137 Å². The van der Waals surface area contributed by atoms with Crippen molar-refractivity contribution in [2.24, 2.45) is 0 Å². The Labute approximate surface area is 380 Å². The Bertz CT molecular complexity index is 2610. The molecule has 4 N–H and O–H groups in total. The first-order chi connectivity index (χ1) is 30.8. The largest absolute Gasteiger partial charge is 0.488 e. The van der Waals surface area contributed by atoms with Gasteiger partial charge >= 0.3 is 7.12 Å². The molecule has 4 aliphatic rings. The summed E-state index contributed by atoms with van der Waals surface area (Å²) in [6.07, 6.45) is 3.27. The molecule has 0 bridgehead atoms. The highest BCUT2D eigenvalue weighted by molar-refractivity contribution is 9.10. The van der Waals surface area contributed by atoms with Crippen molar-refractivity contribution in [3.8, 4) is 34.3 Å². The minimum absolute atomic E-state index is 0.0306. The average molecular weight is 928 g/mol. The molecule has 2 aliphatic carbocycles. The topological polar surface area (TPSA) is 168 Å². The number of rotatable bonds is 10. The number of carbonyl (C=O) groups excluding carboxylic acids is 2. The van der Waals surface area contributed by atoms with Gasteiger partial charge in [0.1, 0.15) is 16.2 Å². The van der Waals surface area contributed by atoms with E-state index in [1.54, 1.807) is 18.2 Å². The molecule has 0 unspecified atom stereocenters. The van der Waals surface area contributed by atoms with Gasteiger partial charge in [0.05, 0.1) is 16.5 Å². The third kappa shape index (κ3) is 9.79. The molecule has 2 fully saturated rings. The van der Waals surface area contributed by atoms with Crippen LogP contribution >= 0.6 is 15.9 Å². The molecule has 0 atom stereocenters. The predicted molar refractivity (Wildman–Crippen MR) is 251 cm³/mol. The number of anilines is 4. The maximum atomic E-state index is 13.1. The molecule has 16 heteroatoms. The van der Waals surface area contributed by atoms with Gasteiger partial charge in [0.2, 0.25) is 25.4 Å². The van der Waals surface area contributed by atoms with Crippen LogP contribution in [0.4, 0.5) is 23.0 Å². The van der Waals surface area contributed by atoms with Crippen LogP contribution < -0.4 is 44.8 Å². The molecule has 2 aromatic heterocycles. The van der Waals surface area contributed by atoms with E-state index in [1.807, 2.05) is 124 Å². The number of hydrogen-bond acceptors (Lipinski definition) is 12. The lowest BCUT2D eigenvalue weighted by atomic mass is 9.80. The zero-order chi connectivity index (χ0) is 45.0. The van der Waals surface area contributed by atoms with Gasteiger partial charge in [-0.25, -0.2) is 9.97 Å². The number of aromatic nitrogens is 2. The van der Waals surface area contributed by atoms with Crippen LogP contribution in [-0.2, 0) is 20.4 Å². The second kappa shape index (κ2) is 18.6. The first-order valence-corrected chi connectivity index (χ1v) is 21.6. The fourth-order valence-electron chi connectivity index (χ4n) is 7.42. The number of amides is 2. The second-order valence-corrected chi connectivity index (χ2v) is 17.1. The van der Waals surface area contributed by atoms with Gasteiger partial charge in [-0.15, -0.1) is 0 Å². The zero-order valence-electron chi connectivity index (χ0n) is 35.9. The lowest BCUT2D eigenvalue weighted by Crippen LogP contribution is -2.29. The van der Waals surface area contributed by atoms with Gasteiger partial charge in [-0.2, -0.15) is 0 Å². The van der Waals surface area contributed by atoms with E-state index in [1.165, 1.54) is 0 Å². The molecule has 6 aromatic rings. The van der Waals surface area contributed by atoms with E-state index in [2.05, 4.69) is 53.6 Å². The summed E-state index contributed by atoms with van der Waals surface area (Å²) >= 11 is 3.30. The molecule has 2 saturated carbocycles. The number of benzene rings is 4. The third-order valence-corrected chi connectivity index (χ3v) is 12.0. The summed E-state index contributed by atoms with van der Waals surface area (Å²) < 4.78 is 22.3. The summed E-state index contributed by atoms with van der Waals surface area (Å²) in [5.74, 6) is 3.90. The van der Waals surface area contributed by atoms with Crippen LogP contribution in [0.3, 0.4) is 0 Å². The molecule has 4 heterocycles. The summed E-state index contributed by atoms with van der Waals surface area (Å²) in [6, 6.07) is 37.9. The summed E-state index contributed by atoms with van der Waals surface area (Å²) in [7, 11) is 6.52. The summed E-state index contributed by atoms with van der Waals surface area (Å²) in [6.45, 7) is 0.462. The van der Waals surface area contributed by atoms with Crippen LogP contribution in [0.25, 0.3) is 11.3 Å². The van der Waals surface area contributed by atoms with Crippen molar-refractivity contribution in [2.75, 3.05) is 62.2 Å². The van der Waals surface area contributed by atoms with Gasteiger partial charge < -0.3 is 49.4 Å². The predicted octanol–water partition coefficient (Wildman–Crippen LogP) is 6.89. The molecule has 2 amide bonds. The van der Waals surface area contributed by atoms with Crippen LogP contribution in [-0.4, -0.2) is 80.7 Å². The smallest absolute Gasteiger partial charge is 0.454 e. The van der Waals surface area contributed by atoms with E-state index in [0.29, 0.717) is 33.2 Å². The number of nitrogens with one attached hydrogen (secondary N) is 2. The first kappa shape index (κ1) is 44.0. The molecule has 10 rings (SSSR count). The molecular weight excluding hydrogens is 879 g/mol. The highest BCUT2D eigenvalue weighted by atomic mass is 79.9. The van der Waals surface area contributed by atoms with Gasteiger partial charge in [0, 0.05) is 45.1 Å². The van der Waals surface area contributed by atoms with Crippen molar-refractivity contribution in [3.63, 3.8) is 0 Å². The monoisotopic (exact) mass is 926 g/mol. The number of ether oxygens (including phenoxy) is 4. The average Bonchev–Trinajstić information content (AvgIpc) is 4.19. The summed E-state index contributed by atoms with van der Waals surface area (Å²) in [5.41, 5.74) is 5.43. The SMILES string of the molecule is CN(C)c1ccc(-c2cccc(NC(=O)C3(c4ccc5c(c4)OCO5)CC3)n2)cc1.CN(C)c1ccc(B(O)O)cc1.O=C(Nc1cccc(Br)n1)C1(c2ccc3c(c2)OCO3)CC1. The minimum atomic E-state index is -1.37. The molecule has 2 aliphatic heterocycles. The Kier molecular flexibility index (Phi) is 12.8. The standard InChI is InChI=1S/C24H23N3O3.C16H13BrN2O3.C8H12BNO2/c1-27(2)18-9-6-16(7-10-18)19-4-3-5-22(25-19)26-23(28)24(12-13-24)17-8-11-20-21(14-17)30-15-29-20;17-13-2-1-3-14(18-13)19-15(20)16(6-7-16)10-4-5-11-12(8-10)22-9-21-11;1-10(2)8-5-3-7(4-6-8)9(11)12/h3-11,14H,12-13,15H2,1-2H3,(H,25,26,28);1-5,8H,6-7,9H2,(H,18,19,20);3-6,11-12H,1-2H3. The van der Waals surface area contributed by atoms with E-state index in [-0.39, 0.29) is 25.4 Å². The van der Waals surface area contributed by atoms with Crippen molar-refractivity contribution in [2.45, 2.75) is 36.5 Å². The quantitative estimate of drug-likeness (QED) is 0.0832. The third-order valence-electron chi connectivity index (χ3n) is 11.6. The molecule has 328 valence electrons. The molecule has 0 spiro atoms. The van der Waals surface area contributed by atoms with Crippen LogP contribution in [0, 0.1) is 0 Å². The highest BCUT2D eigenvalue weighted by Gasteiger charge is 2.52. The Morgan fingerprint density at radius 2 is 1.05 bits per heavy atom. The fraction of sp³-hybridized carbons (Fsp3) is 0.250. The first-order valence-electron chi connectivity index (χ1n) is 20.8. The van der Waals surface area contributed by atoms with Crippen molar-refractivity contribution in [1.29, 1.82) is 0 Å². The van der Waals surface area contributed by atoms with E-state index in [4.69, 9.17) is 29.0 Å². The van der Waals surface area contributed by atoms with Gasteiger partial charge in [0.15, 0.2) is 23.0 Å². The van der Waals surface area contributed by atoms with Crippen molar-refractivity contribution in [1.82, 2.24) is 9.97 Å². The maximum absolute atomic E-state index is 13.1. The Balaban J connectivity index is 0.000000144. The molecule has 4 aromatic carbocycles. The fourth-order valence-corrected chi connectivity index (χ4v) is 7.77. The lowest BCUT2D eigenvalue weighted by Gasteiger charge is -2.16. The normalized spacial score (nSPS) is 15.0. The van der Waals surface area contributed by atoms with Crippen LogP contribution in [0.5, 0.6) is 23.0 Å². The molecule has 0 radical (unpaired) electrons. The number of halogens is 1. The summed E-state index contributed by atoms with van der Waals surface area (Å²) in [5, 5.41) is 23.5. The van der Waals surface area contributed by atoms with E-state index in [0.717, 1.165) is 70.9 Å². The Morgan fingerprint density at radius 3 is 1.50 bits per heavy atom. The van der Waals surface area contributed by atoms with Crippen molar-refractivity contribution >= 4 is 63.3 Å². The number of fused-ring (bicyclic) bond motifs is 2. The van der Waals surface area contributed by atoms with Gasteiger partial charge in [-0.1, -0.05) is 48.5 Å². The number of pyridine rings is 2. The van der Waals surface area contributed by atoms with Crippen LogP contribution in [0.1, 0.15) is 36.8 Å². The molecule has 0 saturated heterocycles. The van der Waals surface area contributed by atoms with Crippen LogP contribution in [0.15, 0.2) is 126 Å². The second-order valence-electron chi connectivity index (χ2n) is 16.3. The minimum Gasteiger partial charge on any atom is -0.454 e. The number of hydrogen-bond donors (Lipinski definition) is 4.